The summed E-state index contributed by atoms with van der Waals surface area (Å²) in [5.74, 6) is 0.295. The molecule has 1 aromatic carbocycles. The summed E-state index contributed by atoms with van der Waals surface area (Å²) in [6.45, 7) is 2.18. The van der Waals surface area contributed by atoms with E-state index in [0.29, 0.717) is 26.2 Å². The fourth-order valence-corrected chi connectivity index (χ4v) is 3.55. The third-order valence-electron chi connectivity index (χ3n) is 5.00. The minimum absolute atomic E-state index is 0.0774. The zero-order valence-electron chi connectivity index (χ0n) is 15.3. The van der Waals surface area contributed by atoms with E-state index in [0.717, 1.165) is 18.4 Å². The van der Waals surface area contributed by atoms with E-state index in [1.807, 2.05) is 48.5 Å². The fourth-order valence-electron chi connectivity index (χ4n) is 3.55. The number of nitrogens with zero attached hydrogens (tertiary/aromatic N) is 3. The van der Waals surface area contributed by atoms with E-state index in [4.69, 9.17) is 0 Å². The third-order valence-corrected chi connectivity index (χ3v) is 5.00. The smallest absolute Gasteiger partial charge is 0.236 e. The van der Waals surface area contributed by atoms with Crippen LogP contribution in [0.2, 0.25) is 0 Å². The molecular weight excluding hydrogens is 326 g/mol. The van der Waals surface area contributed by atoms with Gasteiger partial charge in [0, 0.05) is 32.0 Å². The number of likely N-dealkylation sites (tertiary alicyclic amines) is 1. The summed E-state index contributed by atoms with van der Waals surface area (Å²) in [6.07, 6.45) is 4.81. The first-order chi connectivity index (χ1) is 12.6. The van der Waals surface area contributed by atoms with Crippen LogP contribution in [0, 0.1) is 5.92 Å². The minimum Gasteiger partial charge on any atom is -0.391 e. The maximum absolute atomic E-state index is 12.6. The van der Waals surface area contributed by atoms with Crippen LogP contribution in [0.5, 0.6) is 0 Å². The normalized spacial score (nSPS) is 20.3. The van der Waals surface area contributed by atoms with Crippen LogP contribution in [0.15, 0.2) is 54.9 Å². The number of likely N-dealkylation sites (N-methyl/N-ethyl adjacent to an activating group) is 1. The van der Waals surface area contributed by atoms with Gasteiger partial charge in [-0.05, 0) is 43.0 Å². The molecule has 1 N–H and O–H groups in total. The number of hydrogen-bond acceptors (Lipinski definition) is 4. The molecule has 1 aliphatic rings. The number of benzene rings is 1. The minimum atomic E-state index is -0.462. The van der Waals surface area contributed by atoms with Crippen molar-refractivity contribution in [1.82, 2.24) is 14.8 Å². The van der Waals surface area contributed by atoms with E-state index >= 15 is 0 Å². The quantitative estimate of drug-likeness (QED) is 0.863. The van der Waals surface area contributed by atoms with Crippen molar-refractivity contribution in [2.24, 2.45) is 5.92 Å². The van der Waals surface area contributed by atoms with Crippen molar-refractivity contribution in [3.63, 3.8) is 0 Å². The average molecular weight is 353 g/mol. The van der Waals surface area contributed by atoms with Gasteiger partial charge in [-0.1, -0.05) is 36.4 Å². The number of amides is 1. The predicted molar refractivity (Wildman–Crippen MR) is 101 cm³/mol. The van der Waals surface area contributed by atoms with E-state index in [-0.39, 0.29) is 11.8 Å². The Hall–Kier alpha value is -2.24. The number of aromatic nitrogens is 1. The number of β-amino-alcohol motifs (C(OH)–C–C–N with tert-alkyl or cyclic N) is 1. The summed E-state index contributed by atoms with van der Waals surface area (Å²) < 4.78 is 0. The van der Waals surface area contributed by atoms with Crippen LogP contribution in [0.1, 0.15) is 17.5 Å². The van der Waals surface area contributed by atoms with Crippen LogP contribution in [-0.4, -0.2) is 58.6 Å². The monoisotopic (exact) mass is 353 g/mol. The maximum Gasteiger partial charge on any atom is 0.236 e. The largest absolute Gasteiger partial charge is 0.391 e. The molecule has 1 aromatic heterocycles. The highest BCUT2D eigenvalue weighted by Gasteiger charge is 2.30. The molecule has 0 saturated carbocycles. The summed E-state index contributed by atoms with van der Waals surface area (Å²) in [4.78, 5) is 20.5. The Morgan fingerprint density at radius 3 is 2.69 bits per heavy atom. The Morgan fingerprint density at radius 2 is 2.00 bits per heavy atom. The van der Waals surface area contributed by atoms with Crippen molar-refractivity contribution in [1.29, 1.82) is 0 Å². The number of aliphatic hydroxyl groups excluding tert-OH is 1. The molecule has 0 aliphatic carbocycles. The molecule has 5 nitrogen and oxygen atoms in total. The molecule has 3 rings (SSSR count). The first-order valence-electron chi connectivity index (χ1n) is 9.19. The Kier molecular flexibility index (Phi) is 6.36. The van der Waals surface area contributed by atoms with Gasteiger partial charge in [0.1, 0.15) is 0 Å². The molecule has 1 fully saturated rings. The number of piperidine rings is 1. The lowest BCUT2D eigenvalue weighted by Crippen LogP contribution is -2.49. The Bertz CT molecular complexity index is 693. The summed E-state index contributed by atoms with van der Waals surface area (Å²) >= 11 is 0. The molecule has 0 unspecified atom stereocenters. The maximum atomic E-state index is 12.6. The van der Waals surface area contributed by atoms with Crippen LogP contribution < -0.4 is 0 Å². The Labute approximate surface area is 155 Å². The van der Waals surface area contributed by atoms with Crippen LogP contribution in [0.25, 0.3) is 0 Å². The van der Waals surface area contributed by atoms with Gasteiger partial charge < -0.3 is 10.0 Å². The topological polar surface area (TPSA) is 56.7 Å². The standard InChI is InChI=1S/C21H27N3O2/c1-23(14-18-8-5-10-22-13-18)16-21(26)24-11-9-19(20(25)15-24)12-17-6-3-2-4-7-17/h2-8,10,13,19-20,25H,9,11-12,14-16H2,1H3/t19-,20-/m1/s1. The van der Waals surface area contributed by atoms with Gasteiger partial charge in [-0.2, -0.15) is 0 Å². The highest BCUT2D eigenvalue weighted by atomic mass is 16.3. The van der Waals surface area contributed by atoms with Gasteiger partial charge >= 0.3 is 0 Å². The first kappa shape index (κ1) is 18.5. The average Bonchev–Trinajstić information content (AvgIpc) is 2.65. The van der Waals surface area contributed by atoms with Crippen molar-refractivity contribution in [2.45, 2.75) is 25.5 Å². The predicted octanol–water partition coefficient (Wildman–Crippen LogP) is 1.97. The number of pyridine rings is 1. The van der Waals surface area contributed by atoms with Gasteiger partial charge in [0.05, 0.1) is 12.6 Å². The SMILES string of the molecule is CN(CC(=O)N1CC[C@H](Cc2ccccc2)[C@H](O)C1)Cc1cccnc1. The van der Waals surface area contributed by atoms with Crippen LogP contribution in [-0.2, 0) is 17.8 Å². The fraction of sp³-hybridized carbons (Fsp3) is 0.429. The lowest BCUT2D eigenvalue weighted by Gasteiger charge is -2.36. The van der Waals surface area contributed by atoms with Crippen molar-refractivity contribution in [3.8, 4) is 0 Å². The number of carbonyl (C=O) groups is 1. The zero-order valence-corrected chi connectivity index (χ0v) is 15.3. The molecule has 2 aromatic rings. The molecule has 5 heteroatoms. The molecule has 2 heterocycles. The van der Waals surface area contributed by atoms with Crippen LogP contribution in [0.4, 0.5) is 0 Å². The van der Waals surface area contributed by atoms with Gasteiger partial charge in [-0.3, -0.25) is 14.7 Å². The zero-order chi connectivity index (χ0) is 18.4. The molecular formula is C21H27N3O2. The second-order valence-electron chi connectivity index (χ2n) is 7.18. The van der Waals surface area contributed by atoms with Gasteiger partial charge in [0.15, 0.2) is 0 Å². The second kappa shape index (κ2) is 8.92. The Morgan fingerprint density at radius 1 is 1.23 bits per heavy atom. The summed E-state index contributed by atoms with van der Waals surface area (Å²) in [5.41, 5.74) is 2.33. The molecule has 1 amide bonds. The molecule has 1 saturated heterocycles. The van der Waals surface area contributed by atoms with Crippen molar-refractivity contribution >= 4 is 5.91 Å². The Balaban J connectivity index is 1.47. The summed E-state index contributed by atoms with van der Waals surface area (Å²) in [7, 11) is 1.93. The van der Waals surface area contributed by atoms with E-state index in [1.165, 1.54) is 5.56 Å². The molecule has 2 atom stereocenters. The molecule has 0 bridgehead atoms. The second-order valence-corrected chi connectivity index (χ2v) is 7.18. The molecule has 138 valence electrons. The van der Waals surface area contributed by atoms with Crippen molar-refractivity contribution in [3.05, 3.63) is 66.0 Å². The number of hydrogen-bond donors (Lipinski definition) is 1. The summed E-state index contributed by atoms with van der Waals surface area (Å²) in [6, 6.07) is 14.2. The van der Waals surface area contributed by atoms with E-state index in [2.05, 4.69) is 17.1 Å². The number of rotatable bonds is 6. The van der Waals surface area contributed by atoms with E-state index in [9.17, 15) is 9.90 Å². The van der Waals surface area contributed by atoms with Crippen molar-refractivity contribution < 1.29 is 9.90 Å². The lowest BCUT2D eigenvalue weighted by atomic mass is 9.88. The van der Waals surface area contributed by atoms with E-state index < -0.39 is 6.10 Å². The highest BCUT2D eigenvalue weighted by Crippen LogP contribution is 2.22. The molecule has 0 spiro atoms. The van der Waals surface area contributed by atoms with Gasteiger partial charge in [-0.15, -0.1) is 0 Å². The number of aliphatic hydroxyl groups is 1. The third kappa shape index (κ3) is 5.13. The van der Waals surface area contributed by atoms with E-state index in [1.54, 1.807) is 11.1 Å². The van der Waals surface area contributed by atoms with Crippen LogP contribution >= 0.6 is 0 Å². The molecule has 1 aliphatic heterocycles. The van der Waals surface area contributed by atoms with Gasteiger partial charge in [-0.25, -0.2) is 0 Å². The number of carbonyl (C=O) groups excluding carboxylic acids is 1. The molecule has 26 heavy (non-hydrogen) atoms. The first-order valence-corrected chi connectivity index (χ1v) is 9.19. The van der Waals surface area contributed by atoms with Gasteiger partial charge in [0.25, 0.3) is 0 Å². The van der Waals surface area contributed by atoms with Gasteiger partial charge in [0.2, 0.25) is 5.91 Å². The van der Waals surface area contributed by atoms with Crippen LogP contribution in [0.3, 0.4) is 0 Å². The van der Waals surface area contributed by atoms with Crippen molar-refractivity contribution in [2.75, 3.05) is 26.7 Å². The molecule has 0 radical (unpaired) electrons. The highest BCUT2D eigenvalue weighted by molar-refractivity contribution is 5.78. The summed E-state index contributed by atoms with van der Waals surface area (Å²) in [5, 5.41) is 10.5. The lowest BCUT2D eigenvalue weighted by molar-refractivity contribution is -0.136.